The molecule has 2 heterocycles. The molecular formula is C25H28ClN3O2S. The summed E-state index contributed by atoms with van der Waals surface area (Å²) in [5, 5.41) is 3.62. The molecule has 0 radical (unpaired) electrons. The number of rotatable bonds is 6. The number of carbonyl (C=O) groups is 2. The number of carbonyl (C=O) groups excluding carboxylic acids is 2. The van der Waals surface area contributed by atoms with Crippen LogP contribution in [0.4, 0.5) is 5.69 Å². The third kappa shape index (κ3) is 5.94. The monoisotopic (exact) mass is 469 g/mol. The molecule has 2 aliphatic heterocycles. The second kappa shape index (κ2) is 11.0. The van der Waals surface area contributed by atoms with Gasteiger partial charge in [-0.1, -0.05) is 60.5 Å². The molecule has 0 unspecified atom stereocenters. The predicted octanol–water partition coefficient (Wildman–Crippen LogP) is 4.81. The molecule has 168 valence electrons. The highest BCUT2D eigenvalue weighted by atomic mass is 35.5. The zero-order valence-corrected chi connectivity index (χ0v) is 19.6. The van der Waals surface area contributed by atoms with E-state index in [9.17, 15) is 9.59 Å². The van der Waals surface area contributed by atoms with Gasteiger partial charge >= 0.3 is 0 Å². The van der Waals surface area contributed by atoms with Crippen LogP contribution in [-0.4, -0.2) is 49.4 Å². The van der Waals surface area contributed by atoms with E-state index in [0.29, 0.717) is 16.5 Å². The Bertz CT molecular complexity index is 1000. The lowest BCUT2D eigenvalue weighted by molar-refractivity contribution is -0.122. The molecule has 0 aromatic heterocycles. The summed E-state index contributed by atoms with van der Waals surface area (Å²) in [5.74, 6) is -0.312. The van der Waals surface area contributed by atoms with E-state index < -0.39 is 0 Å². The van der Waals surface area contributed by atoms with Crippen LogP contribution in [0.3, 0.4) is 0 Å². The normalized spacial score (nSPS) is 18.3. The van der Waals surface area contributed by atoms with Crippen LogP contribution in [0.25, 0.3) is 6.08 Å². The fourth-order valence-corrected chi connectivity index (χ4v) is 5.34. The minimum atomic E-state index is -0.170. The molecule has 0 atom stereocenters. The molecule has 0 spiro atoms. The number of amides is 2. The SMILES string of the molecule is O=C(CN1C(=O)/C(=C\c2cccc(Cl)c2)Sc2ccccc21)NCCN1CCCCCC1. The Kier molecular flexibility index (Phi) is 7.90. The van der Waals surface area contributed by atoms with E-state index in [1.165, 1.54) is 37.4 Å². The van der Waals surface area contributed by atoms with Gasteiger partial charge in [-0.2, -0.15) is 0 Å². The molecular weight excluding hydrogens is 442 g/mol. The van der Waals surface area contributed by atoms with Crippen molar-refractivity contribution in [3.63, 3.8) is 0 Å². The first kappa shape index (κ1) is 22.9. The van der Waals surface area contributed by atoms with Crippen LogP contribution in [0, 0.1) is 0 Å². The molecule has 1 fully saturated rings. The summed E-state index contributed by atoms with van der Waals surface area (Å²) in [5.41, 5.74) is 1.63. The molecule has 0 bridgehead atoms. The van der Waals surface area contributed by atoms with Crippen molar-refractivity contribution in [3.8, 4) is 0 Å². The molecule has 1 saturated heterocycles. The molecule has 2 aromatic rings. The van der Waals surface area contributed by atoms with Crippen molar-refractivity contribution in [2.24, 2.45) is 0 Å². The summed E-state index contributed by atoms with van der Waals surface area (Å²) >= 11 is 7.53. The van der Waals surface area contributed by atoms with Gasteiger partial charge in [0.2, 0.25) is 5.91 Å². The Balaban J connectivity index is 1.44. The molecule has 2 amide bonds. The Hall–Kier alpha value is -2.28. The summed E-state index contributed by atoms with van der Waals surface area (Å²) in [6.45, 7) is 3.66. The summed E-state index contributed by atoms with van der Waals surface area (Å²) in [6.07, 6.45) is 6.88. The Morgan fingerprint density at radius 1 is 1.06 bits per heavy atom. The minimum absolute atomic E-state index is 0.00327. The van der Waals surface area contributed by atoms with Crippen LogP contribution in [-0.2, 0) is 9.59 Å². The van der Waals surface area contributed by atoms with Crippen molar-refractivity contribution in [3.05, 3.63) is 64.0 Å². The fourth-order valence-electron chi connectivity index (χ4n) is 4.08. The predicted molar refractivity (Wildman–Crippen MR) is 132 cm³/mol. The van der Waals surface area contributed by atoms with Crippen molar-refractivity contribution in [1.29, 1.82) is 0 Å². The van der Waals surface area contributed by atoms with Crippen LogP contribution in [0.1, 0.15) is 31.2 Å². The van der Waals surface area contributed by atoms with E-state index >= 15 is 0 Å². The number of fused-ring (bicyclic) bond motifs is 1. The van der Waals surface area contributed by atoms with Crippen LogP contribution in [0.5, 0.6) is 0 Å². The summed E-state index contributed by atoms with van der Waals surface area (Å²) in [7, 11) is 0. The third-order valence-electron chi connectivity index (χ3n) is 5.73. The van der Waals surface area contributed by atoms with Crippen LogP contribution >= 0.6 is 23.4 Å². The van der Waals surface area contributed by atoms with Crippen molar-refractivity contribution in [2.45, 2.75) is 30.6 Å². The molecule has 32 heavy (non-hydrogen) atoms. The van der Waals surface area contributed by atoms with Gasteiger partial charge in [-0.05, 0) is 61.8 Å². The zero-order valence-electron chi connectivity index (χ0n) is 18.1. The lowest BCUT2D eigenvalue weighted by Gasteiger charge is -2.30. The van der Waals surface area contributed by atoms with Crippen LogP contribution < -0.4 is 10.2 Å². The Morgan fingerprint density at radius 3 is 2.62 bits per heavy atom. The van der Waals surface area contributed by atoms with Gasteiger partial charge in [-0.25, -0.2) is 0 Å². The molecule has 2 aromatic carbocycles. The maximum atomic E-state index is 13.3. The lowest BCUT2D eigenvalue weighted by atomic mass is 10.2. The van der Waals surface area contributed by atoms with Crippen LogP contribution in [0.15, 0.2) is 58.3 Å². The van der Waals surface area contributed by atoms with Gasteiger partial charge in [-0.15, -0.1) is 0 Å². The van der Waals surface area contributed by atoms with E-state index in [1.807, 2.05) is 48.5 Å². The highest BCUT2D eigenvalue weighted by Crippen LogP contribution is 2.41. The fraction of sp³-hybridized carbons (Fsp3) is 0.360. The van der Waals surface area contributed by atoms with Gasteiger partial charge in [0.15, 0.2) is 0 Å². The molecule has 0 saturated carbocycles. The maximum Gasteiger partial charge on any atom is 0.265 e. The third-order valence-corrected chi connectivity index (χ3v) is 7.04. The van der Waals surface area contributed by atoms with Gasteiger partial charge in [0, 0.05) is 23.0 Å². The molecule has 0 aliphatic carbocycles. The molecule has 4 rings (SSSR count). The zero-order chi connectivity index (χ0) is 22.3. The highest BCUT2D eigenvalue weighted by Gasteiger charge is 2.30. The second-order valence-corrected chi connectivity index (χ2v) is 9.65. The van der Waals surface area contributed by atoms with Crippen molar-refractivity contribution >= 4 is 46.9 Å². The number of para-hydroxylation sites is 1. The van der Waals surface area contributed by atoms with Crippen molar-refractivity contribution < 1.29 is 9.59 Å². The largest absolute Gasteiger partial charge is 0.353 e. The number of hydrogen-bond donors (Lipinski definition) is 1. The number of benzene rings is 2. The van der Waals surface area contributed by atoms with E-state index in [0.717, 1.165) is 35.8 Å². The van der Waals surface area contributed by atoms with Crippen LogP contribution in [0.2, 0.25) is 5.02 Å². The van der Waals surface area contributed by atoms with E-state index in [-0.39, 0.29) is 18.4 Å². The highest BCUT2D eigenvalue weighted by molar-refractivity contribution is 8.04. The van der Waals surface area contributed by atoms with Gasteiger partial charge < -0.3 is 10.2 Å². The van der Waals surface area contributed by atoms with E-state index in [1.54, 1.807) is 11.0 Å². The number of anilines is 1. The number of thioether (sulfide) groups is 1. The average Bonchev–Trinajstić information content (AvgIpc) is 3.05. The molecule has 7 heteroatoms. The van der Waals surface area contributed by atoms with Gasteiger partial charge in [0.25, 0.3) is 5.91 Å². The van der Waals surface area contributed by atoms with Gasteiger partial charge in [-0.3, -0.25) is 14.5 Å². The number of hydrogen-bond acceptors (Lipinski definition) is 4. The summed E-state index contributed by atoms with van der Waals surface area (Å²) < 4.78 is 0. The van der Waals surface area contributed by atoms with Gasteiger partial charge in [0.05, 0.1) is 10.6 Å². The maximum absolute atomic E-state index is 13.3. The van der Waals surface area contributed by atoms with E-state index in [2.05, 4.69) is 10.2 Å². The molecule has 5 nitrogen and oxygen atoms in total. The first-order valence-electron chi connectivity index (χ1n) is 11.2. The van der Waals surface area contributed by atoms with Gasteiger partial charge in [0.1, 0.15) is 6.54 Å². The number of nitrogens with one attached hydrogen (secondary N) is 1. The number of likely N-dealkylation sites (tertiary alicyclic amines) is 1. The van der Waals surface area contributed by atoms with Crippen molar-refractivity contribution in [1.82, 2.24) is 10.2 Å². The minimum Gasteiger partial charge on any atom is -0.353 e. The lowest BCUT2D eigenvalue weighted by Crippen LogP contribution is -2.44. The quantitative estimate of drug-likeness (QED) is 0.617. The first-order valence-corrected chi connectivity index (χ1v) is 12.3. The Morgan fingerprint density at radius 2 is 1.84 bits per heavy atom. The Labute approximate surface area is 198 Å². The van der Waals surface area contributed by atoms with Crippen molar-refractivity contribution in [2.75, 3.05) is 37.6 Å². The summed E-state index contributed by atoms with van der Waals surface area (Å²) in [4.78, 5) is 31.5. The topological polar surface area (TPSA) is 52.7 Å². The second-order valence-electron chi connectivity index (χ2n) is 8.13. The van der Waals surface area contributed by atoms with E-state index in [4.69, 9.17) is 11.6 Å². The average molecular weight is 470 g/mol. The smallest absolute Gasteiger partial charge is 0.265 e. The standard InChI is InChI=1S/C25H28ClN3O2S/c26-20-9-7-8-19(16-20)17-23-25(31)29(21-10-3-4-11-22(21)32-23)18-24(30)27-12-15-28-13-5-1-2-6-14-28/h3-4,7-11,16-17H,1-2,5-6,12-15,18H2,(H,27,30)/b23-17+. The molecule has 2 aliphatic rings. The molecule has 1 N–H and O–H groups in total. The summed E-state index contributed by atoms with van der Waals surface area (Å²) in [6, 6.07) is 15.1. The number of halogens is 1. The number of nitrogens with zero attached hydrogens (tertiary/aromatic N) is 2. The first-order chi connectivity index (χ1) is 15.6.